The van der Waals surface area contributed by atoms with E-state index in [-0.39, 0.29) is 16.4 Å². The number of hydrogen-bond donors (Lipinski definition) is 0. The second kappa shape index (κ2) is 3.47. The fraction of sp³-hybridized carbons (Fsp3) is 0.714. The third-order valence-corrected chi connectivity index (χ3v) is 11.9. The molecule has 4 heteroatoms. The van der Waals surface area contributed by atoms with E-state index in [4.69, 9.17) is 0 Å². The fourth-order valence-electron chi connectivity index (χ4n) is 9.09. The number of piperidine rings is 1. The lowest BCUT2D eigenvalue weighted by molar-refractivity contribution is 0.126. The summed E-state index contributed by atoms with van der Waals surface area (Å²) < 4.78 is 28.8. The van der Waals surface area contributed by atoms with Gasteiger partial charge in [-0.15, -0.1) is 0 Å². The van der Waals surface area contributed by atoms with Crippen molar-refractivity contribution < 1.29 is 8.42 Å². The third kappa shape index (κ3) is 1.12. The molecule has 25 heavy (non-hydrogen) atoms. The highest BCUT2D eigenvalue weighted by Gasteiger charge is 3.06. The number of nitrogens with zero attached hydrogens (tertiary/aromatic N) is 1. The summed E-state index contributed by atoms with van der Waals surface area (Å²) in [5.74, 6) is 1.49. The predicted octanol–water partition coefficient (Wildman–Crippen LogP) is 3.83. The van der Waals surface area contributed by atoms with Gasteiger partial charge in [-0.25, -0.2) is 8.42 Å². The molecule has 1 heterocycles. The van der Waals surface area contributed by atoms with Crippen LogP contribution in [0, 0.1) is 40.4 Å². The van der Waals surface area contributed by atoms with E-state index in [2.05, 4.69) is 27.7 Å². The average molecular weight is 358 g/mol. The molecular weight excluding hydrogens is 330 g/mol. The number of rotatable bonds is 2. The van der Waals surface area contributed by atoms with Crippen molar-refractivity contribution in [2.75, 3.05) is 6.54 Å². The Kier molecular flexibility index (Phi) is 2.11. The molecule has 1 saturated heterocycles. The number of aryl methyl sites for hydroxylation is 1. The zero-order valence-corrected chi connectivity index (χ0v) is 16.6. The molecule has 134 valence electrons. The minimum absolute atomic E-state index is 0.237. The van der Waals surface area contributed by atoms with Crippen molar-refractivity contribution in [2.24, 2.45) is 33.5 Å². The van der Waals surface area contributed by atoms with Gasteiger partial charge in [-0.2, -0.15) is 4.31 Å². The number of hydrogen-bond acceptors (Lipinski definition) is 2. The van der Waals surface area contributed by atoms with Crippen molar-refractivity contribution in [3.8, 4) is 0 Å². The molecule has 0 N–H and O–H groups in total. The van der Waals surface area contributed by atoms with Crippen LogP contribution in [0.25, 0.3) is 0 Å². The first-order valence-electron chi connectivity index (χ1n) is 9.60. The molecular formula is C21H27NO2S. The normalized spacial score (nSPS) is 53.6. The molecule has 3 nitrogen and oxygen atoms in total. The van der Waals surface area contributed by atoms with Crippen molar-refractivity contribution in [1.82, 2.24) is 4.31 Å². The Morgan fingerprint density at radius 3 is 2.28 bits per heavy atom. The topological polar surface area (TPSA) is 37.4 Å². The van der Waals surface area contributed by atoms with Crippen LogP contribution in [0.15, 0.2) is 29.2 Å². The van der Waals surface area contributed by atoms with Crippen LogP contribution >= 0.6 is 0 Å². The van der Waals surface area contributed by atoms with Gasteiger partial charge in [-0.3, -0.25) is 0 Å². The Morgan fingerprint density at radius 1 is 1.04 bits per heavy atom. The minimum atomic E-state index is -3.43. The van der Waals surface area contributed by atoms with Gasteiger partial charge >= 0.3 is 0 Å². The Bertz CT molecular complexity index is 951. The second-order valence-corrected chi connectivity index (χ2v) is 12.5. The molecule has 6 rings (SSSR count). The quantitative estimate of drug-likeness (QED) is 0.807. The van der Waals surface area contributed by atoms with Gasteiger partial charge < -0.3 is 0 Å². The average Bonchev–Trinajstić information content (AvgIpc) is 3.04. The molecule has 6 atom stereocenters. The van der Waals surface area contributed by atoms with Gasteiger partial charge in [0.25, 0.3) is 0 Å². The largest absolute Gasteiger partial charge is 0.243 e. The Morgan fingerprint density at radius 2 is 1.68 bits per heavy atom. The van der Waals surface area contributed by atoms with Gasteiger partial charge in [0.2, 0.25) is 10.0 Å². The number of fused-ring (bicyclic) bond motifs is 1. The molecule has 5 aliphatic rings. The molecule has 4 saturated carbocycles. The molecule has 0 amide bonds. The van der Waals surface area contributed by atoms with E-state index >= 15 is 0 Å². The summed E-state index contributed by atoms with van der Waals surface area (Å²) in [7, 11) is -3.43. The Hall–Kier alpha value is -0.870. The molecule has 5 fully saturated rings. The van der Waals surface area contributed by atoms with Gasteiger partial charge in [0.15, 0.2) is 0 Å². The maximum atomic E-state index is 13.5. The van der Waals surface area contributed by atoms with Crippen molar-refractivity contribution >= 4 is 10.0 Å². The molecule has 1 aliphatic heterocycles. The van der Waals surface area contributed by atoms with E-state index in [1.54, 1.807) is 12.1 Å². The molecule has 1 aromatic rings. The lowest BCUT2D eigenvalue weighted by atomic mass is 9.75. The molecule has 0 aromatic heterocycles. The zero-order chi connectivity index (χ0) is 17.8. The van der Waals surface area contributed by atoms with E-state index < -0.39 is 10.0 Å². The molecule has 1 aromatic carbocycles. The van der Waals surface area contributed by atoms with Gasteiger partial charge in [0.05, 0.1) is 4.90 Å². The van der Waals surface area contributed by atoms with Crippen LogP contribution in [0.2, 0.25) is 0 Å². The Labute approximate surface area is 150 Å². The number of benzene rings is 1. The van der Waals surface area contributed by atoms with E-state index in [0.717, 1.165) is 23.9 Å². The van der Waals surface area contributed by atoms with Crippen molar-refractivity contribution in [1.29, 1.82) is 0 Å². The van der Waals surface area contributed by atoms with E-state index in [1.165, 1.54) is 12.8 Å². The summed E-state index contributed by atoms with van der Waals surface area (Å²) in [5, 5.41) is 0. The van der Waals surface area contributed by atoms with E-state index in [0.29, 0.717) is 15.7 Å². The van der Waals surface area contributed by atoms with Gasteiger partial charge in [0.1, 0.15) is 0 Å². The third-order valence-electron chi connectivity index (χ3n) is 9.89. The predicted molar refractivity (Wildman–Crippen MR) is 96.4 cm³/mol. The van der Waals surface area contributed by atoms with Gasteiger partial charge in [-0.1, -0.05) is 31.5 Å². The van der Waals surface area contributed by atoms with E-state index in [1.807, 2.05) is 23.4 Å². The lowest BCUT2D eigenvalue weighted by Crippen LogP contribution is -2.51. The smallest absolute Gasteiger partial charge is 0.207 e. The Balaban J connectivity index is 1.47. The van der Waals surface area contributed by atoms with Crippen LogP contribution in [0.4, 0.5) is 0 Å². The zero-order valence-electron chi connectivity index (χ0n) is 15.8. The molecule has 1 spiro atoms. The lowest BCUT2D eigenvalue weighted by Gasteiger charge is -2.41. The van der Waals surface area contributed by atoms with Crippen molar-refractivity contribution in [3.05, 3.63) is 29.8 Å². The van der Waals surface area contributed by atoms with Crippen molar-refractivity contribution in [2.45, 2.75) is 57.9 Å². The molecule has 6 unspecified atom stereocenters. The molecule has 0 bridgehead atoms. The summed E-state index contributed by atoms with van der Waals surface area (Å²) >= 11 is 0. The van der Waals surface area contributed by atoms with Crippen LogP contribution in [-0.2, 0) is 10.0 Å². The van der Waals surface area contributed by atoms with E-state index in [9.17, 15) is 8.42 Å². The monoisotopic (exact) mass is 357 g/mol. The highest BCUT2D eigenvalue weighted by atomic mass is 32.2. The highest BCUT2D eigenvalue weighted by molar-refractivity contribution is 7.89. The first-order chi connectivity index (χ1) is 11.5. The first-order valence-corrected chi connectivity index (χ1v) is 11.0. The summed E-state index contributed by atoms with van der Waals surface area (Å²) in [6.07, 6.45) is 2.57. The van der Waals surface area contributed by atoms with Crippen LogP contribution < -0.4 is 0 Å². The molecule has 4 aliphatic carbocycles. The second-order valence-electron chi connectivity index (χ2n) is 10.6. The fourth-order valence-corrected chi connectivity index (χ4v) is 11.0. The van der Waals surface area contributed by atoms with Crippen molar-refractivity contribution in [3.63, 3.8) is 0 Å². The van der Waals surface area contributed by atoms with Crippen LogP contribution in [0.5, 0.6) is 0 Å². The van der Waals surface area contributed by atoms with Crippen LogP contribution in [0.1, 0.15) is 46.1 Å². The van der Waals surface area contributed by atoms with Crippen LogP contribution in [-0.4, -0.2) is 24.8 Å². The molecule has 0 radical (unpaired) electrons. The maximum absolute atomic E-state index is 13.5. The summed E-state index contributed by atoms with van der Waals surface area (Å²) in [6.45, 7) is 12.1. The first kappa shape index (κ1) is 15.2. The van der Waals surface area contributed by atoms with Gasteiger partial charge in [0, 0.05) is 17.5 Å². The maximum Gasteiger partial charge on any atom is 0.243 e. The minimum Gasteiger partial charge on any atom is -0.207 e. The summed E-state index contributed by atoms with van der Waals surface area (Å²) in [6, 6.07) is 7.37. The standard InChI is InChI=1S/C21H27NO2S/c1-13-6-8-14(9-7-13)25(23,24)22-12-20-11-19(5)16-18(19,4)10-15(20)21(16,20)17(22,2)3/h6-9,15-16H,10-12H2,1-5H3. The summed E-state index contributed by atoms with van der Waals surface area (Å²) in [5.41, 5.74) is 2.27. The number of sulfonamides is 1. The van der Waals surface area contributed by atoms with Gasteiger partial charge in [-0.05, 0) is 73.8 Å². The highest BCUT2D eigenvalue weighted by Crippen LogP contribution is 3.08. The summed E-state index contributed by atoms with van der Waals surface area (Å²) in [4.78, 5) is 0.454. The SMILES string of the molecule is Cc1ccc(S(=O)(=O)N2CC34CC5(C)C6C5(C)CC3C64C2(C)C)cc1. The van der Waals surface area contributed by atoms with Crippen LogP contribution in [0.3, 0.4) is 0 Å².